The highest BCUT2D eigenvalue weighted by molar-refractivity contribution is 14.1. The summed E-state index contributed by atoms with van der Waals surface area (Å²) in [6.45, 7) is 0. The molecule has 0 heterocycles. The number of alkyl halides is 4. The summed E-state index contributed by atoms with van der Waals surface area (Å²) in [6.07, 6.45) is -4.51. The van der Waals surface area contributed by atoms with Crippen molar-refractivity contribution in [3.63, 3.8) is 0 Å². The molecule has 15 heavy (non-hydrogen) atoms. The Hall–Kier alpha value is -0.790. The first-order valence-corrected chi connectivity index (χ1v) is 5.38. The molecular formula is C9H6F3IO2. The van der Waals surface area contributed by atoms with E-state index in [1.165, 1.54) is 12.1 Å². The van der Waals surface area contributed by atoms with E-state index in [-0.39, 0.29) is 15.6 Å². The Morgan fingerprint density at radius 1 is 1.40 bits per heavy atom. The average molecular weight is 330 g/mol. The lowest BCUT2D eigenvalue weighted by atomic mass is 10.0. The molecule has 2 nitrogen and oxygen atoms in total. The van der Waals surface area contributed by atoms with Crippen LogP contribution in [0.1, 0.15) is 21.5 Å². The summed E-state index contributed by atoms with van der Waals surface area (Å²) in [5.41, 5.74) is -1.14. The quantitative estimate of drug-likeness (QED) is 0.667. The van der Waals surface area contributed by atoms with Gasteiger partial charge in [0.2, 0.25) is 0 Å². The molecule has 0 atom stereocenters. The number of carbonyl (C=O) groups is 1. The minimum atomic E-state index is -4.51. The Morgan fingerprint density at radius 2 is 2.00 bits per heavy atom. The van der Waals surface area contributed by atoms with Crippen LogP contribution in [0, 0.1) is 0 Å². The third kappa shape index (κ3) is 2.83. The van der Waals surface area contributed by atoms with Crippen LogP contribution in [0.4, 0.5) is 13.2 Å². The summed E-state index contributed by atoms with van der Waals surface area (Å²) in [5.74, 6) is -1.36. The molecule has 82 valence electrons. The second-order valence-electron chi connectivity index (χ2n) is 2.81. The van der Waals surface area contributed by atoms with E-state index >= 15 is 0 Å². The average Bonchev–Trinajstić information content (AvgIpc) is 2.15. The summed E-state index contributed by atoms with van der Waals surface area (Å²) in [5, 5.41) is 8.57. The van der Waals surface area contributed by atoms with Crippen molar-refractivity contribution in [2.45, 2.75) is 10.6 Å². The second-order valence-corrected chi connectivity index (χ2v) is 3.57. The molecule has 0 bridgehead atoms. The Kier molecular flexibility index (Phi) is 3.58. The van der Waals surface area contributed by atoms with Crippen molar-refractivity contribution in [1.29, 1.82) is 0 Å². The highest BCUT2D eigenvalue weighted by Crippen LogP contribution is 2.33. The number of halogens is 4. The number of carboxylic acids is 1. The number of hydrogen-bond acceptors (Lipinski definition) is 1. The third-order valence-corrected chi connectivity index (χ3v) is 2.63. The van der Waals surface area contributed by atoms with Crippen LogP contribution in [-0.2, 0) is 10.6 Å². The fourth-order valence-electron chi connectivity index (χ4n) is 1.09. The maximum atomic E-state index is 12.5. The Bertz CT molecular complexity index is 387. The molecule has 0 saturated carbocycles. The van der Waals surface area contributed by atoms with Gasteiger partial charge in [0.25, 0.3) is 0 Å². The van der Waals surface area contributed by atoms with Gasteiger partial charge in [-0.2, -0.15) is 13.2 Å². The molecule has 0 unspecified atom stereocenters. The van der Waals surface area contributed by atoms with Crippen molar-refractivity contribution in [1.82, 2.24) is 0 Å². The van der Waals surface area contributed by atoms with Gasteiger partial charge in [-0.25, -0.2) is 4.79 Å². The van der Waals surface area contributed by atoms with Crippen molar-refractivity contribution in [3.05, 3.63) is 34.9 Å². The second kappa shape index (κ2) is 4.38. The number of carboxylic acid groups (broad SMARTS) is 1. The molecule has 0 fully saturated rings. The van der Waals surface area contributed by atoms with Gasteiger partial charge >= 0.3 is 12.1 Å². The van der Waals surface area contributed by atoms with E-state index in [2.05, 4.69) is 0 Å². The minimum Gasteiger partial charge on any atom is -0.478 e. The highest BCUT2D eigenvalue weighted by atomic mass is 127. The number of hydrogen-bond donors (Lipinski definition) is 1. The monoisotopic (exact) mass is 330 g/mol. The van der Waals surface area contributed by atoms with E-state index in [4.69, 9.17) is 5.11 Å². The van der Waals surface area contributed by atoms with Gasteiger partial charge in [0.15, 0.2) is 0 Å². The molecular weight excluding hydrogens is 324 g/mol. The predicted octanol–water partition coefficient (Wildman–Crippen LogP) is 3.34. The molecule has 0 amide bonds. The highest BCUT2D eigenvalue weighted by Gasteiger charge is 2.33. The standard InChI is InChI=1S/C9H6F3IO2/c10-9(11,12)7-3-5(8(14)15)1-2-6(7)4-13/h1-3H,4H2,(H,14,15). The Labute approximate surface area is 97.2 Å². The molecule has 0 aliphatic rings. The van der Waals surface area contributed by atoms with Gasteiger partial charge < -0.3 is 5.11 Å². The smallest absolute Gasteiger partial charge is 0.416 e. The zero-order valence-electron chi connectivity index (χ0n) is 7.31. The lowest BCUT2D eigenvalue weighted by Crippen LogP contribution is -2.10. The zero-order valence-corrected chi connectivity index (χ0v) is 9.46. The summed E-state index contributed by atoms with van der Waals surface area (Å²) in [6, 6.07) is 3.03. The van der Waals surface area contributed by atoms with Crippen LogP contribution in [-0.4, -0.2) is 11.1 Å². The Balaban J connectivity index is 3.32. The largest absolute Gasteiger partial charge is 0.478 e. The predicted molar refractivity (Wildman–Crippen MR) is 56.1 cm³/mol. The molecule has 1 N–H and O–H groups in total. The summed E-state index contributed by atoms with van der Waals surface area (Å²) in [4.78, 5) is 10.5. The van der Waals surface area contributed by atoms with E-state index < -0.39 is 17.7 Å². The molecule has 0 aliphatic carbocycles. The normalized spacial score (nSPS) is 11.5. The van der Waals surface area contributed by atoms with Gasteiger partial charge in [-0.3, -0.25) is 0 Å². The van der Waals surface area contributed by atoms with E-state index in [0.29, 0.717) is 6.07 Å². The van der Waals surface area contributed by atoms with Gasteiger partial charge in [0.1, 0.15) is 0 Å². The van der Waals surface area contributed by atoms with Crippen LogP contribution in [0.3, 0.4) is 0 Å². The minimum absolute atomic E-state index is 0.0908. The van der Waals surface area contributed by atoms with Crippen LogP contribution >= 0.6 is 22.6 Å². The molecule has 0 saturated heterocycles. The van der Waals surface area contributed by atoms with Gasteiger partial charge in [-0.05, 0) is 17.7 Å². The van der Waals surface area contributed by atoms with Crippen LogP contribution in [0.2, 0.25) is 0 Å². The van der Waals surface area contributed by atoms with Crippen molar-refractivity contribution < 1.29 is 23.1 Å². The Morgan fingerprint density at radius 3 is 2.40 bits per heavy atom. The lowest BCUT2D eigenvalue weighted by molar-refractivity contribution is -0.138. The number of rotatable bonds is 2. The molecule has 1 aromatic carbocycles. The fraction of sp³-hybridized carbons (Fsp3) is 0.222. The van der Waals surface area contributed by atoms with Crippen LogP contribution in [0.15, 0.2) is 18.2 Å². The fourth-order valence-corrected chi connectivity index (χ4v) is 1.76. The van der Waals surface area contributed by atoms with Crippen LogP contribution < -0.4 is 0 Å². The third-order valence-electron chi connectivity index (χ3n) is 1.81. The topological polar surface area (TPSA) is 37.3 Å². The van der Waals surface area contributed by atoms with E-state index in [9.17, 15) is 18.0 Å². The van der Waals surface area contributed by atoms with Crippen molar-refractivity contribution in [3.8, 4) is 0 Å². The SMILES string of the molecule is O=C(O)c1ccc(CI)c(C(F)(F)F)c1. The molecule has 1 rings (SSSR count). The van der Waals surface area contributed by atoms with Crippen LogP contribution in [0.5, 0.6) is 0 Å². The van der Waals surface area contributed by atoms with E-state index in [1.54, 1.807) is 22.6 Å². The summed E-state index contributed by atoms with van der Waals surface area (Å²) in [7, 11) is 0. The van der Waals surface area contributed by atoms with Gasteiger partial charge in [0.05, 0.1) is 11.1 Å². The maximum absolute atomic E-state index is 12.5. The number of aromatic carboxylic acids is 1. The summed E-state index contributed by atoms with van der Waals surface area (Å²) >= 11 is 1.80. The van der Waals surface area contributed by atoms with Crippen molar-refractivity contribution >= 4 is 28.6 Å². The van der Waals surface area contributed by atoms with E-state index in [0.717, 1.165) is 0 Å². The molecule has 1 aromatic rings. The summed E-state index contributed by atoms with van der Waals surface area (Å²) < 4.78 is 37.6. The van der Waals surface area contributed by atoms with Crippen LogP contribution in [0.25, 0.3) is 0 Å². The van der Waals surface area contributed by atoms with Gasteiger partial charge in [-0.1, -0.05) is 28.7 Å². The maximum Gasteiger partial charge on any atom is 0.416 e. The van der Waals surface area contributed by atoms with Gasteiger partial charge in [0, 0.05) is 4.43 Å². The van der Waals surface area contributed by atoms with Crippen molar-refractivity contribution in [2.24, 2.45) is 0 Å². The van der Waals surface area contributed by atoms with E-state index in [1.807, 2.05) is 0 Å². The lowest BCUT2D eigenvalue weighted by Gasteiger charge is -2.11. The molecule has 6 heteroatoms. The zero-order chi connectivity index (χ0) is 11.6. The molecule has 0 aromatic heterocycles. The first-order valence-electron chi connectivity index (χ1n) is 3.85. The molecule has 0 spiro atoms. The molecule has 0 aliphatic heterocycles. The first kappa shape index (κ1) is 12.3. The van der Waals surface area contributed by atoms with Crippen molar-refractivity contribution in [2.75, 3.05) is 0 Å². The number of benzene rings is 1. The first-order chi connectivity index (χ1) is 6.86. The molecule has 0 radical (unpaired) electrons. The van der Waals surface area contributed by atoms with Gasteiger partial charge in [-0.15, -0.1) is 0 Å².